The van der Waals surface area contributed by atoms with Crippen molar-refractivity contribution in [3.05, 3.63) is 71.7 Å². The van der Waals surface area contributed by atoms with Crippen LogP contribution in [0.15, 0.2) is 59.3 Å². The minimum absolute atomic E-state index is 0.0778. The number of rotatable bonds is 4. The number of hydrogen-bond acceptors (Lipinski definition) is 4. The maximum Gasteiger partial charge on any atom is 0.253 e. The van der Waals surface area contributed by atoms with Crippen LogP contribution in [0.1, 0.15) is 41.1 Å². The lowest BCUT2D eigenvalue weighted by Gasteiger charge is -2.26. The van der Waals surface area contributed by atoms with Gasteiger partial charge in [0.15, 0.2) is 0 Å². The van der Waals surface area contributed by atoms with E-state index in [-0.39, 0.29) is 5.91 Å². The van der Waals surface area contributed by atoms with E-state index in [9.17, 15) is 4.79 Å². The third kappa shape index (κ3) is 3.53. The highest BCUT2D eigenvalue weighted by Gasteiger charge is 2.19. The van der Waals surface area contributed by atoms with Gasteiger partial charge < -0.3 is 14.4 Å². The summed E-state index contributed by atoms with van der Waals surface area (Å²) in [7, 11) is 0. The second-order valence-electron chi connectivity index (χ2n) is 7.48. The van der Waals surface area contributed by atoms with E-state index in [1.165, 1.54) is 6.42 Å². The Morgan fingerprint density at radius 3 is 2.83 bits per heavy atom. The Bertz CT molecular complexity index is 1150. The molecule has 1 amide bonds. The lowest BCUT2D eigenvalue weighted by atomic mass is 10.1. The number of carbonyl (C=O) groups is 1. The molecule has 0 aliphatic carbocycles. The number of aromatic amines is 1. The van der Waals surface area contributed by atoms with E-state index < -0.39 is 0 Å². The number of fused-ring (bicyclic) bond motifs is 1. The number of hydrogen-bond donors (Lipinski definition) is 1. The van der Waals surface area contributed by atoms with Crippen molar-refractivity contribution in [2.75, 3.05) is 13.1 Å². The maximum atomic E-state index is 12.8. The van der Waals surface area contributed by atoms with Crippen molar-refractivity contribution in [3.63, 3.8) is 0 Å². The van der Waals surface area contributed by atoms with Crippen LogP contribution in [0.2, 0.25) is 0 Å². The highest BCUT2D eigenvalue weighted by Crippen LogP contribution is 2.23. The topological polar surface area (TPSA) is 75.0 Å². The number of piperidine rings is 1. The summed E-state index contributed by atoms with van der Waals surface area (Å²) in [6, 6.07) is 15.6. The van der Waals surface area contributed by atoms with Crippen LogP contribution < -0.4 is 0 Å². The van der Waals surface area contributed by atoms with Gasteiger partial charge in [0, 0.05) is 41.3 Å². The highest BCUT2D eigenvalue weighted by molar-refractivity contribution is 5.95. The molecule has 0 atom stereocenters. The van der Waals surface area contributed by atoms with Gasteiger partial charge in [-0.05, 0) is 43.0 Å². The first kappa shape index (κ1) is 17.7. The summed E-state index contributed by atoms with van der Waals surface area (Å²) < 4.78 is 5.49. The summed E-state index contributed by atoms with van der Waals surface area (Å²) in [4.78, 5) is 22.5. The van der Waals surface area contributed by atoms with Gasteiger partial charge in [-0.3, -0.25) is 4.79 Å². The van der Waals surface area contributed by atoms with E-state index in [0.717, 1.165) is 48.0 Å². The molecule has 6 nitrogen and oxygen atoms in total. The first-order valence-corrected chi connectivity index (χ1v) is 10.1. The fourth-order valence-electron chi connectivity index (χ4n) is 3.96. The summed E-state index contributed by atoms with van der Waals surface area (Å²) in [6.07, 6.45) is 5.89. The van der Waals surface area contributed by atoms with Crippen LogP contribution >= 0.6 is 0 Å². The lowest BCUT2D eigenvalue weighted by Crippen LogP contribution is -2.35. The third-order valence-electron chi connectivity index (χ3n) is 5.50. The van der Waals surface area contributed by atoms with Crippen LogP contribution in [0.5, 0.6) is 0 Å². The quantitative estimate of drug-likeness (QED) is 0.563. The number of aromatic nitrogens is 3. The predicted molar refractivity (Wildman–Crippen MR) is 111 cm³/mol. The Labute approximate surface area is 168 Å². The number of nitrogens with one attached hydrogen (secondary N) is 1. The largest absolute Gasteiger partial charge is 0.361 e. The number of carbonyl (C=O) groups excluding carboxylic acids is 1. The third-order valence-corrected chi connectivity index (χ3v) is 5.50. The molecule has 1 N–H and O–H groups in total. The highest BCUT2D eigenvalue weighted by atomic mass is 16.5. The Balaban J connectivity index is 1.37. The first-order chi connectivity index (χ1) is 14.3. The molecule has 3 heterocycles. The maximum absolute atomic E-state index is 12.8. The van der Waals surface area contributed by atoms with Gasteiger partial charge in [0.1, 0.15) is 0 Å². The smallest absolute Gasteiger partial charge is 0.253 e. The number of H-pyrrole nitrogens is 1. The molecule has 1 aliphatic heterocycles. The van der Waals surface area contributed by atoms with Gasteiger partial charge in [-0.25, -0.2) is 0 Å². The number of para-hydroxylation sites is 1. The molecule has 4 aromatic rings. The van der Waals surface area contributed by atoms with Crippen molar-refractivity contribution < 1.29 is 9.32 Å². The summed E-state index contributed by atoms with van der Waals surface area (Å²) in [5, 5.41) is 5.29. The second kappa shape index (κ2) is 7.54. The lowest BCUT2D eigenvalue weighted by molar-refractivity contribution is 0.0724. The van der Waals surface area contributed by atoms with Gasteiger partial charge >= 0.3 is 0 Å². The van der Waals surface area contributed by atoms with Crippen LogP contribution in [0.25, 0.3) is 22.3 Å². The van der Waals surface area contributed by atoms with Gasteiger partial charge in [0.2, 0.25) is 11.7 Å². The summed E-state index contributed by atoms with van der Waals surface area (Å²) >= 11 is 0. The average Bonchev–Trinajstić information content (AvgIpc) is 3.42. The molecule has 146 valence electrons. The molecule has 0 unspecified atom stereocenters. The van der Waals surface area contributed by atoms with Crippen molar-refractivity contribution >= 4 is 16.8 Å². The molecule has 0 spiro atoms. The fourth-order valence-corrected chi connectivity index (χ4v) is 3.96. The normalized spacial score (nSPS) is 14.4. The number of amides is 1. The van der Waals surface area contributed by atoms with E-state index in [1.54, 1.807) is 0 Å². The molecule has 1 fully saturated rings. The molecule has 6 heteroatoms. The molecule has 1 aliphatic rings. The second-order valence-corrected chi connectivity index (χ2v) is 7.48. The Hall–Kier alpha value is -3.41. The van der Waals surface area contributed by atoms with Gasteiger partial charge in [-0.1, -0.05) is 35.5 Å². The summed E-state index contributed by atoms with van der Waals surface area (Å²) in [5.74, 6) is 1.14. The van der Waals surface area contributed by atoms with Crippen LogP contribution in [0.3, 0.4) is 0 Å². The van der Waals surface area contributed by atoms with Gasteiger partial charge in [0.05, 0.1) is 6.42 Å². The van der Waals surface area contributed by atoms with Crippen molar-refractivity contribution in [2.45, 2.75) is 25.7 Å². The zero-order valence-electron chi connectivity index (χ0n) is 16.1. The van der Waals surface area contributed by atoms with E-state index in [0.29, 0.717) is 23.7 Å². The Morgan fingerprint density at radius 1 is 1.07 bits per heavy atom. The van der Waals surface area contributed by atoms with E-state index >= 15 is 0 Å². The van der Waals surface area contributed by atoms with E-state index in [2.05, 4.69) is 21.2 Å². The molecule has 0 saturated carbocycles. The zero-order chi connectivity index (χ0) is 19.6. The first-order valence-electron chi connectivity index (χ1n) is 10.1. The van der Waals surface area contributed by atoms with Crippen molar-refractivity contribution in [2.24, 2.45) is 0 Å². The van der Waals surface area contributed by atoms with E-state index in [1.807, 2.05) is 53.6 Å². The molecule has 2 aromatic carbocycles. The van der Waals surface area contributed by atoms with Crippen LogP contribution in [0, 0.1) is 0 Å². The molecule has 2 aromatic heterocycles. The van der Waals surface area contributed by atoms with Crippen LogP contribution in [0.4, 0.5) is 0 Å². The van der Waals surface area contributed by atoms with Crippen molar-refractivity contribution in [1.29, 1.82) is 0 Å². The monoisotopic (exact) mass is 386 g/mol. The van der Waals surface area contributed by atoms with Gasteiger partial charge in [-0.2, -0.15) is 4.98 Å². The number of nitrogens with zero attached hydrogens (tertiary/aromatic N) is 3. The summed E-state index contributed by atoms with van der Waals surface area (Å²) in [5.41, 5.74) is 3.67. The van der Waals surface area contributed by atoms with Gasteiger partial charge in [-0.15, -0.1) is 0 Å². The molecule has 0 radical (unpaired) electrons. The molecule has 29 heavy (non-hydrogen) atoms. The predicted octanol–water partition coefficient (Wildman–Crippen LogP) is 4.43. The minimum atomic E-state index is 0.0778. The standard InChI is InChI=1S/C23H22N4O2/c28-23(27-11-4-1-5-12-27)17-8-6-7-16(13-17)22-25-21(29-26-22)14-18-15-24-20-10-3-2-9-19(18)20/h2-3,6-10,13,15,24H,1,4-5,11-12,14H2. The van der Waals surface area contributed by atoms with Gasteiger partial charge in [0.25, 0.3) is 5.91 Å². The van der Waals surface area contributed by atoms with Crippen molar-refractivity contribution in [1.82, 2.24) is 20.0 Å². The number of likely N-dealkylation sites (tertiary alicyclic amines) is 1. The Kier molecular flexibility index (Phi) is 4.60. The molecule has 0 bridgehead atoms. The molecular weight excluding hydrogens is 364 g/mol. The SMILES string of the molecule is O=C(c1cccc(-c2noc(Cc3c[nH]c4ccccc34)n2)c1)N1CCCCC1. The minimum Gasteiger partial charge on any atom is -0.361 e. The van der Waals surface area contributed by atoms with Crippen molar-refractivity contribution in [3.8, 4) is 11.4 Å². The number of benzene rings is 2. The zero-order valence-corrected chi connectivity index (χ0v) is 16.1. The molecule has 1 saturated heterocycles. The average molecular weight is 386 g/mol. The summed E-state index contributed by atoms with van der Waals surface area (Å²) in [6.45, 7) is 1.67. The van der Waals surface area contributed by atoms with Crippen LogP contribution in [-0.4, -0.2) is 39.0 Å². The molecular formula is C23H22N4O2. The van der Waals surface area contributed by atoms with Crippen LogP contribution in [-0.2, 0) is 6.42 Å². The van der Waals surface area contributed by atoms with E-state index in [4.69, 9.17) is 4.52 Å². The fraction of sp³-hybridized carbons (Fsp3) is 0.261. The Morgan fingerprint density at radius 2 is 1.93 bits per heavy atom. The molecule has 5 rings (SSSR count).